The predicted octanol–water partition coefficient (Wildman–Crippen LogP) is -0.150. The van der Waals surface area contributed by atoms with Gasteiger partial charge < -0.3 is 10.3 Å². The van der Waals surface area contributed by atoms with E-state index in [2.05, 4.69) is 15.3 Å². The summed E-state index contributed by atoms with van der Waals surface area (Å²) < 4.78 is 12.5. The number of amides is 1. The number of nitrogens with one attached hydrogen (secondary N) is 3. The van der Waals surface area contributed by atoms with E-state index in [1.165, 1.54) is 6.07 Å². The number of hydrogen-bond donors (Lipinski definition) is 3. The lowest BCUT2D eigenvalue weighted by Crippen LogP contribution is -2.27. The molecule has 3 N–H and O–H groups in total. The van der Waals surface area contributed by atoms with Crippen LogP contribution in [0.4, 0.5) is 10.1 Å². The quantitative estimate of drug-likeness (QED) is 0.644. The van der Waals surface area contributed by atoms with Crippen molar-refractivity contribution in [3.05, 3.63) is 56.9 Å². The molecule has 2 aromatic heterocycles. The molecule has 8 heteroatoms. The fraction of sp³-hybridized carbons (Fsp3) is 0. The maximum atomic E-state index is 12.5. The fourth-order valence-corrected chi connectivity index (χ4v) is 1.24. The minimum absolute atomic E-state index is 0.201. The van der Waals surface area contributed by atoms with E-state index in [0.29, 0.717) is 0 Å². The largest absolute Gasteiger partial charge is 0.326 e. The van der Waals surface area contributed by atoms with Crippen LogP contribution in [0.2, 0.25) is 0 Å². The van der Waals surface area contributed by atoms with Crippen LogP contribution in [0.15, 0.2) is 34.0 Å². The highest BCUT2D eigenvalue weighted by Gasteiger charge is 2.08. The highest BCUT2D eigenvalue weighted by molar-refractivity contribution is 6.02. The Morgan fingerprint density at radius 3 is 2.67 bits per heavy atom. The number of aromatic amines is 2. The number of rotatable bonds is 2. The predicted molar refractivity (Wildman–Crippen MR) is 59.8 cm³/mol. The molecule has 2 rings (SSSR count). The molecule has 2 heterocycles. The highest BCUT2D eigenvalue weighted by Crippen LogP contribution is 2.06. The molecule has 0 aliphatic rings. The van der Waals surface area contributed by atoms with Gasteiger partial charge in [0.15, 0.2) is 0 Å². The molecule has 0 bridgehead atoms. The van der Waals surface area contributed by atoms with E-state index in [1.54, 1.807) is 0 Å². The molecule has 1 amide bonds. The van der Waals surface area contributed by atoms with Gasteiger partial charge in [-0.3, -0.25) is 14.6 Å². The van der Waals surface area contributed by atoms with Gasteiger partial charge in [0.1, 0.15) is 5.69 Å². The summed E-state index contributed by atoms with van der Waals surface area (Å²) in [5, 5.41) is 2.35. The molecule has 0 atom stereocenters. The van der Waals surface area contributed by atoms with E-state index >= 15 is 0 Å². The third-order valence-corrected chi connectivity index (χ3v) is 1.99. The van der Waals surface area contributed by atoms with Gasteiger partial charge in [0.05, 0.1) is 11.9 Å². The van der Waals surface area contributed by atoms with Crippen molar-refractivity contribution >= 4 is 11.6 Å². The summed E-state index contributed by atoms with van der Waals surface area (Å²) >= 11 is 0. The second kappa shape index (κ2) is 4.62. The molecule has 7 nitrogen and oxygen atoms in total. The van der Waals surface area contributed by atoms with Crippen molar-refractivity contribution in [1.29, 1.82) is 0 Å². The monoisotopic (exact) mass is 250 g/mol. The van der Waals surface area contributed by atoms with Crippen LogP contribution in [0.3, 0.4) is 0 Å². The van der Waals surface area contributed by atoms with Crippen LogP contribution in [0.1, 0.15) is 10.5 Å². The van der Waals surface area contributed by atoms with Crippen LogP contribution in [-0.2, 0) is 0 Å². The minimum atomic E-state index is -0.787. The van der Waals surface area contributed by atoms with E-state index in [4.69, 9.17) is 0 Å². The number of aromatic nitrogens is 3. The summed E-state index contributed by atoms with van der Waals surface area (Å²) in [5.74, 6) is -1.39. The Labute approximate surface area is 98.7 Å². The molecule has 0 unspecified atom stereocenters. The summed E-state index contributed by atoms with van der Waals surface area (Å²) in [4.78, 5) is 41.0. The van der Waals surface area contributed by atoms with E-state index in [-0.39, 0.29) is 11.4 Å². The first-order chi connectivity index (χ1) is 8.54. The Hall–Kier alpha value is -2.77. The van der Waals surface area contributed by atoms with Gasteiger partial charge in [0, 0.05) is 6.07 Å². The van der Waals surface area contributed by atoms with Crippen LogP contribution in [0.5, 0.6) is 0 Å². The van der Waals surface area contributed by atoms with Crippen LogP contribution < -0.4 is 16.6 Å². The molecule has 2 aromatic rings. The van der Waals surface area contributed by atoms with Gasteiger partial charge in [0.25, 0.3) is 11.5 Å². The number of pyridine rings is 1. The van der Waals surface area contributed by atoms with Crippen LogP contribution >= 0.6 is 0 Å². The van der Waals surface area contributed by atoms with Crippen LogP contribution in [0.25, 0.3) is 0 Å². The maximum Gasteiger partial charge on any atom is 0.326 e. The second-order valence-electron chi connectivity index (χ2n) is 3.33. The lowest BCUT2D eigenvalue weighted by atomic mass is 10.3. The van der Waals surface area contributed by atoms with Gasteiger partial charge in [-0.25, -0.2) is 9.78 Å². The second-order valence-corrected chi connectivity index (χ2v) is 3.33. The van der Waals surface area contributed by atoms with E-state index < -0.39 is 23.1 Å². The van der Waals surface area contributed by atoms with Crippen molar-refractivity contribution in [1.82, 2.24) is 15.0 Å². The summed E-state index contributed by atoms with van der Waals surface area (Å²) in [5.41, 5.74) is -1.44. The van der Waals surface area contributed by atoms with Gasteiger partial charge in [-0.1, -0.05) is 0 Å². The Bertz CT molecular complexity index is 661. The molecule has 92 valence electrons. The molecular formula is C10H7FN4O3. The smallest absolute Gasteiger partial charge is 0.319 e. The molecular weight excluding hydrogens is 243 g/mol. The number of hydrogen-bond acceptors (Lipinski definition) is 4. The van der Waals surface area contributed by atoms with Gasteiger partial charge in [-0.15, -0.1) is 0 Å². The molecule has 0 aromatic carbocycles. The molecule has 0 aliphatic carbocycles. The Balaban J connectivity index is 2.24. The number of carbonyl (C=O) groups excluding carboxylic acids is 1. The van der Waals surface area contributed by atoms with Crippen molar-refractivity contribution in [3.63, 3.8) is 0 Å². The average molecular weight is 250 g/mol. The number of anilines is 1. The standard InChI is InChI=1S/C10H7FN4O3/c11-7-2-1-5(4-12-7)13-9(17)6-3-8(16)15-10(18)14-6/h1-4H,(H,13,17)(H2,14,15,16,18). The Kier molecular flexibility index (Phi) is 3.00. The number of halogens is 1. The van der Waals surface area contributed by atoms with Crippen molar-refractivity contribution in [3.8, 4) is 0 Å². The molecule has 0 saturated carbocycles. The molecule has 18 heavy (non-hydrogen) atoms. The average Bonchev–Trinajstić information content (AvgIpc) is 2.31. The summed E-state index contributed by atoms with van der Waals surface area (Å²) in [6.07, 6.45) is 1.11. The molecule has 0 spiro atoms. The lowest BCUT2D eigenvalue weighted by molar-refractivity contribution is 0.102. The van der Waals surface area contributed by atoms with Crippen LogP contribution in [-0.4, -0.2) is 20.9 Å². The molecule has 0 aliphatic heterocycles. The first kappa shape index (κ1) is 11.7. The zero-order valence-corrected chi connectivity index (χ0v) is 8.86. The van der Waals surface area contributed by atoms with Gasteiger partial charge in [-0.2, -0.15) is 4.39 Å². The van der Waals surface area contributed by atoms with Gasteiger partial charge in [0.2, 0.25) is 5.95 Å². The molecule has 0 fully saturated rings. The highest BCUT2D eigenvalue weighted by atomic mass is 19.1. The van der Waals surface area contributed by atoms with E-state index in [1.807, 2.05) is 4.98 Å². The number of H-pyrrole nitrogens is 2. The third kappa shape index (κ3) is 2.67. The summed E-state index contributed by atoms with van der Waals surface area (Å²) in [6.45, 7) is 0. The maximum absolute atomic E-state index is 12.5. The Morgan fingerprint density at radius 1 is 1.28 bits per heavy atom. The first-order valence-electron chi connectivity index (χ1n) is 4.81. The van der Waals surface area contributed by atoms with E-state index in [9.17, 15) is 18.8 Å². The summed E-state index contributed by atoms with van der Waals surface area (Å²) in [6, 6.07) is 3.30. The number of nitrogens with zero attached hydrogens (tertiary/aromatic N) is 1. The first-order valence-corrected chi connectivity index (χ1v) is 4.81. The van der Waals surface area contributed by atoms with Crippen molar-refractivity contribution in [2.24, 2.45) is 0 Å². The topological polar surface area (TPSA) is 108 Å². The van der Waals surface area contributed by atoms with Crippen molar-refractivity contribution in [2.75, 3.05) is 5.32 Å². The lowest BCUT2D eigenvalue weighted by Gasteiger charge is -2.03. The molecule has 0 radical (unpaired) electrons. The number of carbonyl (C=O) groups is 1. The zero-order valence-electron chi connectivity index (χ0n) is 8.86. The normalized spacial score (nSPS) is 10.1. The Morgan fingerprint density at radius 2 is 2.06 bits per heavy atom. The van der Waals surface area contributed by atoms with Crippen molar-refractivity contribution in [2.45, 2.75) is 0 Å². The minimum Gasteiger partial charge on any atom is -0.319 e. The van der Waals surface area contributed by atoms with Crippen molar-refractivity contribution < 1.29 is 9.18 Å². The molecule has 0 saturated heterocycles. The van der Waals surface area contributed by atoms with Gasteiger partial charge in [-0.05, 0) is 12.1 Å². The van der Waals surface area contributed by atoms with Gasteiger partial charge >= 0.3 is 5.69 Å². The zero-order chi connectivity index (χ0) is 13.1. The summed E-state index contributed by atoms with van der Waals surface area (Å²) in [7, 11) is 0. The fourth-order valence-electron chi connectivity index (χ4n) is 1.24. The van der Waals surface area contributed by atoms with Crippen LogP contribution in [0, 0.1) is 5.95 Å². The van der Waals surface area contributed by atoms with E-state index in [0.717, 1.165) is 18.3 Å². The SMILES string of the molecule is O=C(Nc1ccc(F)nc1)c1cc(=O)[nH]c(=O)[nH]1. The third-order valence-electron chi connectivity index (χ3n) is 1.99.